The quantitative estimate of drug-likeness (QED) is 0.781. The molecule has 3 aromatic rings. The van der Waals surface area contributed by atoms with Gasteiger partial charge in [0.25, 0.3) is 0 Å². The Kier molecular flexibility index (Phi) is 3.09. The van der Waals surface area contributed by atoms with Crippen molar-refractivity contribution in [3.8, 4) is 22.1 Å². The highest BCUT2D eigenvalue weighted by Gasteiger charge is 2.10. The number of fused-ring (bicyclic) bond motifs is 1. The van der Waals surface area contributed by atoms with Crippen LogP contribution < -0.4 is 4.74 Å². The first-order valence-corrected chi connectivity index (χ1v) is 6.91. The molecular weight excluding hydrogens is 258 g/mol. The number of benzene rings is 2. The summed E-state index contributed by atoms with van der Waals surface area (Å²) in [5, 5.41) is 10.9. The van der Waals surface area contributed by atoms with Crippen LogP contribution in [0.3, 0.4) is 0 Å². The van der Waals surface area contributed by atoms with Gasteiger partial charge < -0.3 is 9.84 Å². The zero-order valence-corrected chi connectivity index (χ0v) is 11.3. The third-order valence-corrected chi connectivity index (χ3v) is 3.87. The molecule has 96 valence electrons. The van der Waals surface area contributed by atoms with Crippen molar-refractivity contribution in [2.24, 2.45) is 0 Å². The van der Waals surface area contributed by atoms with Crippen LogP contribution in [-0.4, -0.2) is 16.7 Å². The van der Waals surface area contributed by atoms with E-state index in [0.717, 1.165) is 20.8 Å². The van der Waals surface area contributed by atoms with Gasteiger partial charge in [-0.05, 0) is 31.2 Å². The van der Waals surface area contributed by atoms with E-state index >= 15 is 0 Å². The Hall–Kier alpha value is -2.07. The molecule has 0 saturated heterocycles. The van der Waals surface area contributed by atoms with Gasteiger partial charge in [0.05, 0.1) is 22.4 Å². The van der Waals surface area contributed by atoms with Crippen molar-refractivity contribution in [1.29, 1.82) is 0 Å². The molecule has 4 heteroatoms. The Morgan fingerprint density at radius 3 is 2.79 bits per heavy atom. The lowest BCUT2D eigenvalue weighted by Crippen LogP contribution is -1.91. The van der Waals surface area contributed by atoms with Crippen LogP contribution in [0.4, 0.5) is 0 Å². The van der Waals surface area contributed by atoms with Gasteiger partial charge in [-0.2, -0.15) is 0 Å². The summed E-state index contributed by atoms with van der Waals surface area (Å²) in [7, 11) is 0. The second kappa shape index (κ2) is 4.90. The van der Waals surface area contributed by atoms with Crippen LogP contribution in [0.15, 0.2) is 42.5 Å². The number of para-hydroxylation sites is 1. The normalized spacial score (nSPS) is 10.8. The van der Waals surface area contributed by atoms with Crippen LogP contribution in [0.25, 0.3) is 20.8 Å². The number of aromatic hydroxyl groups is 1. The highest BCUT2D eigenvalue weighted by atomic mass is 32.1. The first kappa shape index (κ1) is 12.0. The third-order valence-electron chi connectivity index (χ3n) is 2.80. The lowest BCUT2D eigenvalue weighted by molar-refractivity contribution is 0.338. The number of hydrogen-bond donors (Lipinski definition) is 1. The van der Waals surface area contributed by atoms with Gasteiger partial charge in [-0.1, -0.05) is 12.1 Å². The molecule has 0 amide bonds. The molecule has 0 aliphatic carbocycles. The van der Waals surface area contributed by atoms with Crippen molar-refractivity contribution in [3.63, 3.8) is 0 Å². The van der Waals surface area contributed by atoms with E-state index in [-0.39, 0.29) is 5.75 Å². The minimum Gasteiger partial charge on any atom is -0.507 e. The minimum absolute atomic E-state index is 0.199. The molecule has 0 atom stereocenters. The Morgan fingerprint density at radius 2 is 2.05 bits per heavy atom. The average molecular weight is 271 g/mol. The fourth-order valence-corrected chi connectivity index (χ4v) is 2.94. The fourth-order valence-electron chi connectivity index (χ4n) is 1.94. The predicted molar refractivity (Wildman–Crippen MR) is 77.9 cm³/mol. The Bertz CT molecular complexity index is 688. The van der Waals surface area contributed by atoms with E-state index in [1.54, 1.807) is 17.4 Å². The van der Waals surface area contributed by atoms with Gasteiger partial charge in [0.2, 0.25) is 0 Å². The highest BCUT2D eigenvalue weighted by Crippen LogP contribution is 2.36. The first-order chi connectivity index (χ1) is 9.28. The molecule has 0 aliphatic heterocycles. The maximum Gasteiger partial charge on any atom is 0.129 e. The highest BCUT2D eigenvalue weighted by molar-refractivity contribution is 7.21. The molecule has 0 spiro atoms. The van der Waals surface area contributed by atoms with Gasteiger partial charge in [-0.3, -0.25) is 0 Å². The van der Waals surface area contributed by atoms with Gasteiger partial charge in [0, 0.05) is 6.07 Å². The van der Waals surface area contributed by atoms with E-state index in [1.807, 2.05) is 43.3 Å². The van der Waals surface area contributed by atoms with E-state index < -0.39 is 0 Å². The summed E-state index contributed by atoms with van der Waals surface area (Å²) >= 11 is 1.57. The van der Waals surface area contributed by atoms with Crippen LogP contribution in [0, 0.1) is 0 Å². The van der Waals surface area contributed by atoms with Gasteiger partial charge in [0.1, 0.15) is 16.5 Å². The number of nitrogens with zero attached hydrogens (tertiary/aromatic N) is 1. The molecule has 0 bridgehead atoms. The number of phenolic OH excluding ortho intramolecular Hbond substituents is 1. The van der Waals surface area contributed by atoms with E-state index in [1.165, 1.54) is 0 Å². The fraction of sp³-hybridized carbons (Fsp3) is 0.133. The van der Waals surface area contributed by atoms with Crippen LogP contribution in [0.2, 0.25) is 0 Å². The van der Waals surface area contributed by atoms with E-state index in [2.05, 4.69) is 4.98 Å². The van der Waals surface area contributed by atoms with E-state index in [0.29, 0.717) is 12.4 Å². The standard InChI is InChI=1S/C15H13NO2S/c1-2-18-10-7-8-11(13(17)9-10)15-16-12-5-3-4-6-14(12)19-15/h3-9,17H,2H2,1H3. The van der Waals surface area contributed by atoms with Crippen molar-refractivity contribution >= 4 is 21.6 Å². The smallest absolute Gasteiger partial charge is 0.129 e. The van der Waals surface area contributed by atoms with Gasteiger partial charge >= 0.3 is 0 Å². The number of thiazole rings is 1. The van der Waals surface area contributed by atoms with Crippen molar-refractivity contribution < 1.29 is 9.84 Å². The molecule has 0 unspecified atom stereocenters. The summed E-state index contributed by atoms with van der Waals surface area (Å²) in [4.78, 5) is 4.54. The maximum atomic E-state index is 10.1. The monoisotopic (exact) mass is 271 g/mol. The molecule has 2 aromatic carbocycles. The Balaban J connectivity index is 2.05. The van der Waals surface area contributed by atoms with Crippen LogP contribution in [0.1, 0.15) is 6.92 Å². The molecule has 19 heavy (non-hydrogen) atoms. The maximum absolute atomic E-state index is 10.1. The average Bonchev–Trinajstić information content (AvgIpc) is 2.82. The zero-order valence-electron chi connectivity index (χ0n) is 10.5. The summed E-state index contributed by atoms with van der Waals surface area (Å²) in [6, 6.07) is 13.3. The lowest BCUT2D eigenvalue weighted by atomic mass is 10.2. The SMILES string of the molecule is CCOc1ccc(-c2nc3ccccc3s2)c(O)c1. The van der Waals surface area contributed by atoms with Gasteiger partial charge in [-0.25, -0.2) is 4.98 Å². The Labute approximate surface area is 115 Å². The number of phenols is 1. The largest absolute Gasteiger partial charge is 0.507 e. The summed E-state index contributed by atoms with van der Waals surface area (Å²) in [5.74, 6) is 0.870. The Morgan fingerprint density at radius 1 is 1.21 bits per heavy atom. The molecule has 0 saturated carbocycles. The topological polar surface area (TPSA) is 42.4 Å². The minimum atomic E-state index is 0.199. The summed E-state index contributed by atoms with van der Waals surface area (Å²) in [6.07, 6.45) is 0. The predicted octanol–water partition coefficient (Wildman–Crippen LogP) is 4.07. The molecular formula is C15H13NO2S. The van der Waals surface area contributed by atoms with Crippen LogP contribution in [0.5, 0.6) is 11.5 Å². The van der Waals surface area contributed by atoms with E-state index in [9.17, 15) is 5.11 Å². The summed E-state index contributed by atoms with van der Waals surface area (Å²) in [5.41, 5.74) is 1.69. The molecule has 1 aromatic heterocycles. The van der Waals surface area contributed by atoms with Gasteiger partial charge in [-0.15, -0.1) is 11.3 Å². The lowest BCUT2D eigenvalue weighted by Gasteiger charge is -2.05. The molecule has 1 heterocycles. The van der Waals surface area contributed by atoms with Crippen molar-refractivity contribution in [3.05, 3.63) is 42.5 Å². The zero-order chi connectivity index (χ0) is 13.2. The second-order valence-electron chi connectivity index (χ2n) is 4.10. The molecule has 0 aliphatic rings. The van der Waals surface area contributed by atoms with E-state index in [4.69, 9.17) is 4.74 Å². The number of rotatable bonds is 3. The van der Waals surface area contributed by atoms with Crippen molar-refractivity contribution in [2.75, 3.05) is 6.61 Å². The molecule has 1 N–H and O–H groups in total. The first-order valence-electron chi connectivity index (χ1n) is 6.09. The van der Waals surface area contributed by atoms with Gasteiger partial charge in [0.15, 0.2) is 0 Å². The molecule has 0 radical (unpaired) electrons. The molecule has 3 nitrogen and oxygen atoms in total. The molecule has 3 rings (SSSR count). The van der Waals surface area contributed by atoms with Crippen LogP contribution in [-0.2, 0) is 0 Å². The van der Waals surface area contributed by atoms with Crippen molar-refractivity contribution in [1.82, 2.24) is 4.98 Å². The summed E-state index contributed by atoms with van der Waals surface area (Å²) < 4.78 is 6.48. The molecule has 0 fully saturated rings. The summed E-state index contributed by atoms with van der Waals surface area (Å²) in [6.45, 7) is 2.50. The number of ether oxygens (including phenoxy) is 1. The second-order valence-corrected chi connectivity index (χ2v) is 5.13. The number of aromatic nitrogens is 1. The van der Waals surface area contributed by atoms with Crippen LogP contribution >= 0.6 is 11.3 Å². The third kappa shape index (κ3) is 2.27. The van der Waals surface area contributed by atoms with Crippen molar-refractivity contribution in [2.45, 2.75) is 6.92 Å². The number of hydrogen-bond acceptors (Lipinski definition) is 4.